The third-order valence-corrected chi connectivity index (χ3v) is 4.89. The highest BCUT2D eigenvalue weighted by atomic mass is 32.1. The largest absolute Gasteiger partial charge is 0.362 e. The van der Waals surface area contributed by atoms with Gasteiger partial charge in [-0.3, -0.25) is 4.90 Å². The molecule has 0 fully saturated rings. The summed E-state index contributed by atoms with van der Waals surface area (Å²) in [5.74, 6) is 0. The van der Waals surface area contributed by atoms with E-state index in [0.717, 1.165) is 48.3 Å². The fourth-order valence-corrected chi connectivity index (χ4v) is 3.58. The first-order valence-electron chi connectivity index (χ1n) is 7.13. The van der Waals surface area contributed by atoms with Crippen molar-refractivity contribution in [3.05, 3.63) is 16.6 Å². The van der Waals surface area contributed by atoms with E-state index < -0.39 is 0 Å². The first kappa shape index (κ1) is 15.4. The normalized spacial score (nSPS) is 11.2. The molecular formula is C14H22N4S2. The van der Waals surface area contributed by atoms with Gasteiger partial charge in [0.1, 0.15) is 5.01 Å². The molecule has 2 rings (SSSR count). The number of nitrogens with zero attached hydrogens (tertiary/aromatic N) is 3. The number of nitrogens with one attached hydrogen (secondary N) is 1. The zero-order valence-electron chi connectivity index (χ0n) is 12.3. The Balaban J connectivity index is 2.02. The molecule has 6 heteroatoms. The second-order valence-corrected chi connectivity index (χ2v) is 6.52. The predicted molar refractivity (Wildman–Crippen MR) is 88.6 cm³/mol. The van der Waals surface area contributed by atoms with E-state index in [1.807, 2.05) is 6.20 Å². The molecule has 4 nitrogen and oxygen atoms in total. The van der Waals surface area contributed by atoms with Crippen LogP contribution in [0.25, 0.3) is 10.6 Å². The molecule has 2 heterocycles. The van der Waals surface area contributed by atoms with Gasteiger partial charge in [-0.05, 0) is 19.5 Å². The van der Waals surface area contributed by atoms with Crippen LogP contribution >= 0.6 is 22.7 Å². The second kappa shape index (κ2) is 7.71. The van der Waals surface area contributed by atoms with E-state index in [2.05, 4.69) is 46.3 Å². The van der Waals surface area contributed by atoms with Crippen LogP contribution in [0.15, 0.2) is 11.6 Å². The molecule has 0 amide bonds. The Morgan fingerprint density at radius 2 is 2.05 bits per heavy atom. The fraction of sp³-hybridized carbons (Fsp3) is 0.571. The number of rotatable bonds is 8. The molecule has 0 spiro atoms. The van der Waals surface area contributed by atoms with Gasteiger partial charge in [-0.25, -0.2) is 9.97 Å². The third kappa shape index (κ3) is 4.01. The van der Waals surface area contributed by atoms with E-state index >= 15 is 0 Å². The summed E-state index contributed by atoms with van der Waals surface area (Å²) >= 11 is 3.41. The van der Waals surface area contributed by atoms with Crippen molar-refractivity contribution >= 4 is 27.8 Å². The van der Waals surface area contributed by atoms with Gasteiger partial charge >= 0.3 is 0 Å². The minimum atomic E-state index is 0.933. The monoisotopic (exact) mass is 310 g/mol. The van der Waals surface area contributed by atoms with E-state index in [4.69, 9.17) is 0 Å². The fourth-order valence-electron chi connectivity index (χ4n) is 1.84. The van der Waals surface area contributed by atoms with Crippen molar-refractivity contribution in [3.8, 4) is 10.6 Å². The van der Waals surface area contributed by atoms with Crippen LogP contribution < -0.4 is 5.32 Å². The molecule has 0 aliphatic heterocycles. The number of thiazole rings is 2. The Morgan fingerprint density at radius 3 is 2.75 bits per heavy atom. The molecule has 0 aliphatic rings. The zero-order valence-corrected chi connectivity index (χ0v) is 14.0. The summed E-state index contributed by atoms with van der Waals surface area (Å²) in [4.78, 5) is 12.7. The van der Waals surface area contributed by atoms with Crippen molar-refractivity contribution in [2.75, 3.05) is 25.0 Å². The van der Waals surface area contributed by atoms with Gasteiger partial charge in [0.05, 0.1) is 17.1 Å². The van der Waals surface area contributed by atoms with Gasteiger partial charge in [0.2, 0.25) is 0 Å². The number of hydrogen-bond acceptors (Lipinski definition) is 6. The van der Waals surface area contributed by atoms with Gasteiger partial charge in [0.15, 0.2) is 5.13 Å². The van der Waals surface area contributed by atoms with Crippen LogP contribution in [0.1, 0.15) is 32.2 Å². The summed E-state index contributed by atoms with van der Waals surface area (Å²) in [6, 6.07) is 0. The van der Waals surface area contributed by atoms with E-state index in [1.165, 1.54) is 5.01 Å². The van der Waals surface area contributed by atoms with Crippen LogP contribution in [0, 0.1) is 0 Å². The summed E-state index contributed by atoms with van der Waals surface area (Å²) in [5, 5.41) is 7.60. The standard InChI is InChI=1S/C14H22N4S2/c1-4-7-15-14-17-11(10-19-14)12-8-16-13(20-12)9-18(5-2)6-3/h8,10H,4-7,9H2,1-3H3,(H,15,17). The molecule has 0 atom stereocenters. The highest BCUT2D eigenvalue weighted by Gasteiger charge is 2.10. The Kier molecular flexibility index (Phi) is 5.94. The molecule has 2 aromatic rings. The summed E-state index contributed by atoms with van der Waals surface area (Å²) in [6.45, 7) is 10.6. The Morgan fingerprint density at radius 1 is 1.25 bits per heavy atom. The van der Waals surface area contributed by atoms with Gasteiger partial charge in [0, 0.05) is 18.1 Å². The van der Waals surface area contributed by atoms with Crippen LogP contribution in [0.2, 0.25) is 0 Å². The van der Waals surface area contributed by atoms with Crippen LogP contribution in [-0.4, -0.2) is 34.5 Å². The maximum Gasteiger partial charge on any atom is 0.183 e. The first-order valence-corrected chi connectivity index (χ1v) is 8.83. The average molecular weight is 310 g/mol. The molecule has 20 heavy (non-hydrogen) atoms. The molecule has 0 unspecified atom stereocenters. The van der Waals surface area contributed by atoms with Gasteiger partial charge in [-0.1, -0.05) is 20.8 Å². The molecule has 0 aromatic carbocycles. The van der Waals surface area contributed by atoms with E-state index in [-0.39, 0.29) is 0 Å². The lowest BCUT2D eigenvalue weighted by Gasteiger charge is -2.15. The lowest BCUT2D eigenvalue weighted by atomic mass is 10.4. The van der Waals surface area contributed by atoms with Crippen molar-refractivity contribution in [2.24, 2.45) is 0 Å². The van der Waals surface area contributed by atoms with Gasteiger partial charge in [0.25, 0.3) is 0 Å². The molecule has 0 bridgehead atoms. The molecule has 0 saturated heterocycles. The Bertz CT molecular complexity index is 517. The topological polar surface area (TPSA) is 41.1 Å². The molecule has 110 valence electrons. The summed E-state index contributed by atoms with van der Waals surface area (Å²) in [5.41, 5.74) is 1.04. The molecule has 0 radical (unpaired) electrons. The first-order chi connectivity index (χ1) is 9.76. The van der Waals surface area contributed by atoms with Crippen molar-refractivity contribution in [1.29, 1.82) is 0 Å². The average Bonchev–Trinajstić information content (AvgIpc) is 3.11. The van der Waals surface area contributed by atoms with Crippen molar-refractivity contribution < 1.29 is 0 Å². The van der Waals surface area contributed by atoms with Crippen LogP contribution in [-0.2, 0) is 6.54 Å². The lowest BCUT2D eigenvalue weighted by molar-refractivity contribution is 0.295. The van der Waals surface area contributed by atoms with Gasteiger partial charge in [-0.15, -0.1) is 22.7 Å². The number of aromatic nitrogens is 2. The minimum absolute atomic E-state index is 0.933. The van der Waals surface area contributed by atoms with E-state index in [0.29, 0.717) is 0 Å². The zero-order chi connectivity index (χ0) is 14.4. The number of anilines is 1. The predicted octanol–water partition coefficient (Wildman–Crippen LogP) is 3.93. The summed E-state index contributed by atoms with van der Waals surface area (Å²) in [6.07, 6.45) is 3.06. The Hall–Kier alpha value is -0.980. The SMILES string of the molecule is CCCNc1nc(-c2cnc(CN(CC)CC)s2)cs1. The van der Waals surface area contributed by atoms with Crippen LogP contribution in [0.3, 0.4) is 0 Å². The van der Waals surface area contributed by atoms with Crippen molar-refractivity contribution in [3.63, 3.8) is 0 Å². The Labute approximate surface area is 128 Å². The maximum atomic E-state index is 4.62. The molecular weight excluding hydrogens is 288 g/mol. The lowest BCUT2D eigenvalue weighted by Crippen LogP contribution is -2.21. The summed E-state index contributed by atoms with van der Waals surface area (Å²) < 4.78 is 0. The third-order valence-electron chi connectivity index (χ3n) is 3.09. The van der Waals surface area contributed by atoms with Crippen molar-refractivity contribution in [1.82, 2.24) is 14.9 Å². The van der Waals surface area contributed by atoms with Gasteiger partial charge < -0.3 is 5.32 Å². The summed E-state index contributed by atoms with van der Waals surface area (Å²) in [7, 11) is 0. The van der Waals surface area contributed by atoms with Crippen molar-refractivity contribution in [2.45, 2.75) is 33.7 Å². The molecule has 2 aromatic heterocycles. The smallest absolute Gasteiger partial charge is 0.183 e. The molecule has 1 N–H and O–H groups in total. The quantitative estimate of drug-likeness (QED) is 0.802. The van der Waals surface area contributed by atoms with Crippen LogP contribution in [0.4, 0.5) is 5.13 Å². The highest BCUT2D eigenvalue weighted by Crippen LogP contribution is 2.29. The van der Waals surface area contributed by atoms with E-state index in [1.54, 1.807) is 22.7 Å². The van der Waals surface area contributed by atoms with E-state index in [9.17, 15) is 0 Å². The molecule has 0 aliphatic carbocycles. The number of hydrogen-bond donors (Lipinski definition) is 1. The second-order valence-electron chi connectivity index (χ2n) is 4.54. The highest BCUT2D eigenvalue weighted by molar-refractivity contribution is 7.16. The maximum absolute atomic E-state index is 4.62. The van der Waals surface area contributed by atoms with Crippen LogP contribution in [0.5, 0.6) is 0 Å². The molecule has 0 saturated carbocycles. The van der Waals surface area contributed by atoms with Gasteiger partial charge in [-0.2, -0.15) is 0 Å². The minimum Gasteiger partial charge on any atom is -0.362 e.